The van der Waals surface area contributed by atoms with Crippen molar-refractivity contribution < 1.29 is 27.4 Å². The Morgan fingerprint density at radius 2 is 1.62 bits per heavy atom. The largest absolute Gasteiger partial charge is 0.508 e. The highest BCUT2D eigenvalue weighted by atomic mass is 35.5. The van der Waals surface area contributed by atoms with Crippen LogP contribution in [0.15, 0.2) is 48.5 Å². The van der Waals surface area contributed by atoms with E-state index in [2.05, 4.69) is 0 Å². The van der Waals surface area contributed by atoms with Crippen LogP contribution in [-0.2, 0) is 6.18 Å². The molecule has 0 bridgehead atoms. The molecule has 0 atom stereocenters. The molecule has 0 heterocycles. The molecule has 0 aromatic heterocycles. The Kier molecular flexibility index (Phi) is 4.01. The molecule has 0 saturated heterocycles. The fraction of sp³-hybridized carbons (Fsp3) is 0.0588. The fourth-order valence-corrected chi connectivity index (χ4v) is 2.46. The van der Waals surface area contributed by atoms with Crippen molar-refractivity contribution in [3.05, 3.63) is 64.9 Å². The number of fused-ring (bicyclic) bond motifs is 1. The second kappa shape index (κ2) is 5.87. The molecule has 1 N–H and O–H groups in total. The van der Waals surface area contributed by atoms with E-state index in [9.17, 15) is 22.7 Å². The molecule has 0 aliphatic heterocycles. The minimum Gasteiger partial charge on any atom is -0.508 e. The first-order valence-electron chi connectivity index (χ1n) is 6.71. The van der Waals surface area contributed by atoms with E-state index in [0.29, 0.717) is 17.5 Å². The van der Waals surface area contributed by atoms with Gasteiger partial charge >= 0.3 is 6.18 Å². The Morgan fingerprint density at radius 3 is 2.29 bits per heavy atom. The van der Waals surface area contributed by atoms with Crippen molar-refractivity contribution in [2.24, 2.45) is 0 Å². The van der Waals surface area contributed by atoms with E-state index in [0.717, 1.165) is 5.39 Å². The van der Waals surface area contributed by atoms with Crippen LogP contribution < -0.4 is 4.74 Å². The first-order chi connectivity index (χ1) is 11.2. The van der Waals surface area contributed by atoms with Crippen molar-refractivity contribution in [1.29, 1.82) is 0 Å². The van der Waals surface area contributed by atoms with E-state index in [1.54, 1.807) is 12.1 Å². The minimum atomic E-state index is -4.70. The summed E-state index contributed by atoms with van der Waals surface area (Å²) in [4.78, 5) is 0. The summed E-state index contributed by atoms with van der Waals surface area (Å²) in [5.41, 5.74) is -1.19. The summed E-state index contributed by atoms with van der Waals surface area (Å²) in [6.07, 6.45) is -4.70. The Bertz CT molecular complexity index is 899. The smallest absolute Gasteiger partial charge is 0.416 e. The van der Waals surface area contributed by atoms with Crippen LogP contribution in [0.2, 0.25) is 5.02 Å². The summed E-state index contributed by atoms with van der Waals surface area (Å²) in [5.74, 6) is -1.50. The number of alkyl halides is 3. The van der Waals surface area contributed by atoms with E-state index in [1.807, 2.05) is 0 Å². The monoisotopic (exact) mass is 356 g/mol. The van der Waals surface area contributed by atoms with Crippen LogP contribution in [0, 0.1) is 5.82 Å². The average Bonchev–Trinajstić information content (AvgIpc) is 2.49. The molecule has 0 radical (unpaired) electrons. The number of halogens is 5. The van der Waals surface area contributed by atoms with E-state index in [1.165, 1.54) is 24.3 Å². The van der Waals surface area contributed by atoms with Gasteiger partial charge in [0, 0.05) is 0 Å². The topological polar surface area (TPSA) is 29.5 Å². The van der Waals surface area contributed by atoms with Gasteiger partial charge in [0.05, 0.1) is 10.6 Å². The van der Waals surface area contributed by atoms with Gasteiger partial charge in [-0.05, 0) is 47.2 Å². The van der Waals surface area contributed by atoms with Crippen LogP contribution in [0.25, 0.3) is 10.8 Å². The molecule has 0 spiro atoms. The molecule has 0 unspecified atom stereocenters. The van der Waals surface area contributed by atoms with Crippen molar-refractivity contribution in [3.63, 3.8) is 0 Å². The summed E-state index contributed by atoms with van der Waals surface area (Å²) >= 11 is 5.73. The maximum absolute atomic E-state index is 14.0. The van der Waals surface area contributed by atoms with Crippen molar-refractivity contribution in [2.45, 2.75) is 6.18 Å². The van der Waals surface area contributed by atoms with E-state index >= 15 is 0 Å². The lowest BCUT2D eigenvalue weighted by atomic mass is 10.1. The normalized spacial score (nSPS) is 11.7. The third-order valence-corrected chi connectivity index (χ3v) is 3.62. The molecule has 124 valence electrons. The zero-order valence-corrected chi connectivity index (χ0v) is 12.6. The summed E-state index contributed by atoms with van der Waals surface area (Å²) in [5, 5.41) is 10.4. The summed E-state index contributed by atoms with van der Waals surface area (Å²) in [6, 6.07) is 10.3. The molecule has 0 aliphatic rings. The number of ether oxygens (including phenoxy) is 1. The van der Waals surface area contributed by atoms with Crippen LogP contribution in [0.4, 0.5) is 17.6 Å². The van der Waals surface area contributed by atoms with Gasteiger partial charge in [-0.25, -0.2) is 4.39 Å². The van der Waals surface area contributed by atoms with Crippen molar-refractivity contribution in [1.82, 2.24) is 0 Å². The molecule has 3 aromatic rings. The lowest BCUT2D eigenvalue weighted by molar-refractivity contribution is -0.137. The number of hydrogen-bond donors (Lipinski definition) is 1. The standard InChI is InChI=1S/C17H9ClF4O2/c18-14-7-11(17(20,21)22)8-15(19)16(14)24-13-4-2-9-1-3-12(23)5-10(9)6-13/h1-8,23H. The number of aromatic hydroxyl groups is 1. The van der Waals surface area contributed by atoms with Crippen molar-refractivity contribution in [2.75, 3.05) is 0 Å². The highest BCUT2D eigenvalue weighted by Gasteiger charge is 2.32. The van der Waals surface area contributed by atoms with Gasteiger partial charge in [-0.15, -0.1) is 0 Å². The fourth-order valence-electron chi connectivity index (χ4n) is 2.21. The molecule has 0 amide bonds. The Morgan fingerprint density at radius 1 is 0.917 bits per heavy atom. The number of benzene rings is 3. The molecule has 2 nitrogen and oxygen atoms in total. The van der Waals surface area contributed by atoms with Crippen LogP contribution in [0.3, 0.4) is 0 Å². The number of rotatable bonds is 2. The minimum absolute atomic E-state index is 0.0402. The molecular formula is C17H9ClF4O2. The van der Waals surface area contributed by atoms with E-state index < -0.39 is 28.3 Å². The Labute approximate surface area is 138 Å². The van der Waals surface area contributed by atoms with Crippen LogP contribution >= 0.6 is 11.6 Å². The number of phenolic OH excluding ortho intramolecular Hbond substituents is 1. The summed E-state index contributed by atoms with van der Waals surface area (Å²) in [7, 11) is 0. The van der Waals surface area contributed by atoms with Gasteiger partial charge in [0.1, 0.15) is 11.5 Å². The summed E-state index contributed by atoms with van der Waals surface area (Å²) < 4.78 is 57.1. The second-order valence-corrected chi connectivity index (χ2v) is 5.47. The zero-order valence-electron chi connectivity index (χ0n) is 11.9. The maximum atomic E-state index is 14.0. The highest BCUT2D eigenvalue weighted by molar-refractivity contribution is 6.32. The molecule has 3 rings (SSSR count). The maximum Gasteiger partial charge on any atom is 0.416 e. The molecule has 7 heteroatoms. The predicted molar refractivity (Wildman–Crippen MR) is 82.1 cm³/mol. The first kappa shape index (κ1) is 16.4. The van der Waals surface area contributed by atoms with Crippen molar-refractivity contribution >= 4 is 22.4 Å². The van der Waals surface area contributed by atoms with Gasteiger partial charge in [0.25, 0.3) is 0 Å². The van der Waals surface area contributed by atoms with Crippen LogP contribution in [-0.4, -0.2) is 5.11 Å². The number of hydrogen-bond acceptors (Lipinski definition) is 2. The first-order valence-corrected chi connectivity index (χ1v) is 7.09. The SMILES string of the molecule is Oc1ccc2ccc(Oc3c(F)cc(C(F)(F)F)cc3Cl)cc2c1. The molecule has 0 fully saturated rings. The van der Waals surface area contributed by atoms with Gasteiger partial charge in [0.2, 0.25) is 0 Å². The molecule has 3 aromatic carbocycles. The Balaban J connectivity index is 1.99. The molecule has 0 saturated carbocycles. The third kappa shape index (κ3) is 3.23. The van der Waals surface area contributed by atoms with Gasteiger partial charge in [-0.1, -0.05) is 23.7 Å². The quantitative estimate of drug-likeness (QED) is 0.558. The highest BCUT2D eigenvalue weighted by Crippen LogP contribution is 2.39. The molecule has 24 heavy (non-hydrogen) atoms. The second-order valence-electron chi connectivity index (χ2n) is 5.06. The zero-order chi connectivity index (χ0) is 17.5. The van der Waals surface area contributed by atoms with Gasteiger partial charge in [0.15, 0.2) is 11.6 Å². The van der Waals surface area contributed by atoms with Crippen LogP contribution in [0.5, 0.6) is 17.2 Å². The number of phenols is 1. The third-order valence-electron chi connectivity index (χ3n) is 3.34. The Hall–Kier alpha value is -2.47. The van der Waals surface area contributed by atoms with E-state index in [-0.39, 0.29) is 11.5 Å². The van der Waals surface area contributed by atoms with Crippen molar-refractivity contribution in [3.8, 4) is 17.2 Å². The predicted octanol–water partition coefficient (Wildman–Crippen LogP) is 6.15. The average molecular weight is 357 g/mol. The summed E-state index contributed by atoms with van der Waals surface area (Å²) in [6.45, 7) is 0. The van der Waals surface area contributed by atoms with E-state index in [4.69, 9.17) is 16.3 Å². The van der Waals surface area contributed by atoms with Gasteiger partial charge in [-0.2, -0.15) is 13.2 Å². The van der Waals surface area contributed by atoms with Gasteiger partial charge in [-0.3, -0.25) is 0 Å². The lowest BCUT2D eigenvalue weighted by Gasteiger charge is -2.13. The van der Waals surface area contributed by atoms with Gasteiger partial charge < -0.3 is 9.84 Å². The lowest BCUT2D eigenvalue weighted by Crippen LogP contribution is -2.06. The van der Waals surface area contributed by atoms with Crippen LogP contribution in [0.1, 0.15) is 5.56 Å². The molecule has 0 aliphatic carbocycles. The molecular weight excluding hydrogens is 348 g/mol.